The van der Waals surface area contributed by atoms with Crippen LogP contribution >= 0.6 is 11.6 Å². The predicted octanol–water partition coefficient (Wildman–Crippen LogP) is 3.23. The minimum Gasteiger partial charge on any atom is -0.376 e. The van der Waals surface area contributed by atoms with Crippen molar-refractivity contribution in [1.82, 2.24) is 0 Å². The zero-order valence-corrected chi connectivity index (χ0v) is 11.0. The molecule has 1 aliphatic heterocycles. The molecule has 1 aliphatic rings. The van der Waals surface area contributed by atoms with Gasteiger partial charge < -0.3 is 10.1 Å². The number of hydrogen-bond acceptors (Lipinski definition) is 4. The molecule has 1 N–H and O–H groups in total. The molecule has 1 saturated heterocycles. The van der Waals surface area contributed by atoms with E-state index in [2.05, 4.69) is 5.32 Å². The Morgan fingerprint density at radius 2 is 2.33 bits per heavy atom. The summed E-state index contributed by atoms with van der Waals surface area (Å²) >= 11 is 5.78. The van der Waals surface area contributed by atoms with Gasteiger partial charge in [-0.1, -0.05) is 11.6 Å². The SMILES string of the molecule is CC1OCCC1(C)Nc1ccc(Cl)cc1[N+](=O)[O-]. The maximum absolute atomic E-state index is 11.0. The van der Waals surface area contributed by atoms with E-state index in [1.165, 1.54) is 6.07 Å². The monoisotopic (exact) mass is 270 g/mol. The molecule has 2 unspecified atom stereocenters. The summed E-state index contributed by atoms with van der Waals surface area (Å²) in [5, 5.41) is 14.6. The van der Waals surface area contributed by atoms with Gasteiger partial charge >= 0.3 is 0 Å². The van der Waals surface area contributed by atoms with Crippen molar-refractivity contribution < 1.29 is 9.66 Å². The summed E-state index contributed by atoms with van der Waals surface area (Å²) in [7, 11) is 0. The lowest BCUT2D eigenvalue weighted by Gasteiger charge is -2.29. The van der Waals surface area contributed by atoms with E-state index in [1.807, 2.05) is 13.8 Å². The fourth-order valence-corrected chi connectivity index (χ4v) is 2.23. The van der Waals surface area contributed by atoms with E-state index < -0.39 is 4.92 Å². The number of nitro benzene ring substituents is 1. The summed E-state index contributed by atoms with van der Waals surface area (Å²) in [6.07, 6.45) is 0.821. The van der Waals surface area contributed by atoms with Crippen LogP contribution in [-0.4, -0.2) is 23.2 Å². The molecule has 1 aromatic rings. The second-order valence-electron chi connectivity index (χ2n) is 4.72. The smallest absolute Gasteiger partial charge is 0.293 e. The maximum atomic E-state index is 11.0. The first-order valence-corrected chi connectivity index (χ1v) is 6.14. The first-order chi connectivity index (χ1) is 8.42. The minimum atomic E-state index is -0.432. The highest BCUT2D eigenvalue weighted by molar-refractivity contribution is 6.30. The highest BCUT2D eigenvalue weighted by Gasteiger charge is 2.38. The van der Waals surface area contributed by atoms with E-state index in [1.54, 1.807) is 12.1 Å². The lowest BCUT2D eigenvalue weighted by molar-refractivity contribution is -0.384. The molecule has 0 saturated carbocycles. The molecule has 0 aliphatic carbocycles. The van der Waals surface area contributed by atoms with Gasteiger partial charge in [-0.15, -0.1) is 0 Å². The van der Waals surface area contributed by atoms with Crippen molar-refractivity contribution in [3.8, 4) is 0 Å². The summed E-state index contributed by atoms with van der Waals surface area (Å²) < 4.78 is 5.51. The summed E-state index contributed by atoms with van der Waals surface area (Å²) in [6.45, 7) is 4.62. The van der Waals surface area contributed by atoms with Crippen LogP contribution in [0.2, 0.25) is 5.02 Å². The molecule has 0 spiro atoms. The highest BCUT2D eigenvalue weighted by atomic mass is 35.5. The molecule has 6 heteroatoms. The van der Waals surface area contributed by atoms with E-state index in [0.717, 1.165) is 6.42 Å². The predicted molar refractivity (Wildman–Crippen MR) is 70.2 cm³/mol. The van der Waals surface area contributed by atoms with Crippen LogP contribution in [0.1, 0.15) is 20.3 Å². The maximum Gasteiger partial charge on any atom is 0.293 e. The second-order valence-corrected chi connectivity index (χ2v) is 5.16. The van der Waals surface area contributed by atoms with E-state index >= 15 is 0 Å². The summed E-state index contributed by atoms with van der Waals surface area (Å²) in [6, 6.07) is 4.63. The molecule has 5 nitrogen and oxygen atoms in total. The summed E-state index contributed by atoms with van der Waals surface area (Å²) in [4.78, 5) is 10.6. The Bertz CT molecular complexity index is 480. The molecule has 1 heterocycles. The minimum absolute atomic E-state index is 0.00721. The van der Waals surface area contributed by atoms with Crippen molar-refractivity contribution in [2.75, 3.05) is 11.9 Å². The van der Waals surface area contributed by atoms with Crippen LogP contribution in [0.15, 0.2) is 18.2 Å². The normalized spacial score (nSPS) is 27.2. The molecule has 0 bridgehead atoms. The Kier molecular flexibility index (Phi) is 3.45. The Hall–Kier alpha value is -1.33. The lowest BCUT2D eigenvalue weighted by Crippen LogP contribution is -2.41. The van der Waals surface area contributed by atoms with Crippen LogP contribution in [0, 0.1) is 10.1 Å². The Balaban J connectivity index is 2.31. The van der Waals surface area contributed by atoms with Gasteiger partial charge in [0.2, 0.25) is 0 Å². The van der Waals surface area contributed by atoms with E-state index in [0.29, 0.717) is 17.3 Å². The molecular weight excluding hydrogens is 256 g/mol. The zero-order valence-electron chi connectivity index (χ0n) is 10.3. The quantitative estimate of drug-likeness (QED) is 0.676. The fraction of sp³-hybridized carbons (Fsp3) is 0.500. The van der Waals surface area contributed by atoms with Crippen molar-refractivity contribution in [2.45, 2.75) is 31.9 Å². The van der Waals surface area contributed by atoms with Crippen LogP contribution in [0.25, 0.3) is 0 Å². The van der Waals surface area contributed by atoms with Crippen LogP contribution in [0.4, 0.5) is 11.4 Å². The van der Waals surface area contributed by atoms with Gasteiger partial charge in [0.1, 0.15) is 5.69 Å². The number of nitro groups is 1. The standard InChI is InChI=1S/C12H15ClN2O3/c1-8-12(2,5-6-18-8)14-10-4-3-9(13)7-11(10)15(16)17/h3-4,7-8,14H,5-6H2,1-2H3. The average Bonchev–Trinajstić information content (AvgIpc) is 2.61. The van der Waals surface area contributed by atoms with Crippen molar-refractivity contribution >= 4 is 23.0 Å². The number of halogens is 1. The van der Waals surface area contributed by atoms with Crippen LogP contribution in [0.3, 0.4) is 0 Å². The van der Waals surface area contributed by atoms with Crippen LogP contribution < -0.4 is 5.32 Å². The highest BCUT2D eigenvalue weighted by Crippen LogP contribution is 2.34. The molecule has 1 aromatic carbocycles. The molecule has 18 heavy (non-hydrogen) atoms. The number of nitrogens with one attached hydrogen (secondary N) is 1. The Morgan fingerprint density at radius 1 is 1.61 bits per heavy atom. The molecule has 1 fully saturated rings. The molecule has 0 amide bonds. The van der Waals surface area contributed by atoms with E-state index in [9.17, 15) is 10.1 Å². The lowest BCUT2D eigenvalue weighted by atomic mass is 9.94. The van der Waals surface area contributed by atoms with Gasteiger partial charge in [0.05, 0.1) is 16.6 Å². The van der Waals surface area contributed by atoms with Crippen molar-refractivity contribution in [3.05, 3.63) is 33.3 Å². The van der Waals surface area contributed by atoms with E-state index in [-0.39, 0.29) is 17.3 Å². The number of nitrogens with zero attached hydrogens (tertiary/aromatic N) is 1. The third kappa shape index (κ3) is 2.42. The summed E-state index contributed by atoms with van der Waals surface area (Å²) in [5.74, 6) is 0. The molecular formula is C12H15ClN2O3. The molecule has 2 atom stereocenters. The van der Waals surface area contributed by atoms with Gasteiger partial charge in [0, 0.05) is 17.7 Å². The number of ether oxygens (including phenoxy) is 1. The van der Waals surface area contributed by atoms with Crippen LogP contribution in [-0.2, 0) is 4.74 Å². The van der Waals surface area contributed by atoms with Crippen molar-refractivity contribution in [1.29, 1.82) is 0 Å². The van der Waals surface area contributed by atoms with Gasteiger partial charge in [-0.25, -0.2) is 0 Å². The molecule has 2 rings (SSSR count). The molecule has 98 valence electrons. The number of rotatable bonds is 3. The number of benzene rings is 1. The Morgan fingerprint density at radius 3 is 2.89 bits per heavy atom. The molecule has 0 radical (unpaired) electrons. The molecule has 0 aromatic heterocycles. The number of anilines is 1. The van der Waals surface area contributed by atoms with Crippen molar-refractivity contribution in [2.24, 2.45) is 0 Å². The van der Waals surface area contributed by atoms with Crippen LogP contribution in [0.5, 0.6) is 0 Å². The van der Waals surface area contributed by atoms with Gasteiger partial charge in [-0.05, 0) is 32.4 Å². The summed E-state index contributed by atoms with van der Waals surface area (Å²) in [5.41, 5.74) is 0.172. The topological polar surface area (TPSA) is 64.4 Å². The second kappa shape index (κ2) is 4.74. The van der Waals surface area contributed by atoms with Gasteiger partial charge in [-0.2, -0.15) is 0 Å². The first kappa shape index (κ1) is 13.1. The fourth-order valence-electron chi connectivity index (χ4n) is 2.07. The third-order valence-corrected chi connectivity index (χ3v) is 3.70. The van der Waals surface area contributed by atoms with Gasteiger partial charge in [0.15, 0.2) is 0 Å². The van der Waals surface area contributed by atoms with Gasteiger partial charge in [0.25, 0.3) is 5.69 Å². The largest absolute Gasteiger partial charge is 0.376 e. The van der Waals surface area contributed by atoms with E-state index in [4.69, 9.17) is 16.3 Å². The third-order valence-electron chi connectivity index (χ3n) is 3.46. The van der Waals surface area contributed by atoms with Gasteiger partial charge in [-0.3, -0.25) is 10.1 Å². The zero-order chi connectivity index (χ0) is 13.3. The average molecular weight is 271 g/mol. The Labute approximate surface area is 110 Å². The van der Waals surface area contributed by atoms with Crippen molar-refractivity contribution in [3.63, 3.8) is 0 Å². The first-order valence-electron chi connectivity index (χ1n) is 5.76. The number of hydrogen-bond donors (Lipinski definition) is 1.